The molecule has 7 nitrogen and oxygen atoms in total. The maximum absolute atomic E-state index is 12.3. The van der Waals surface area contributed by atoms with Crippen molar-refractivity contribution in [3.8, 4) is 0 Å². The number of thioether (sulfide) groups is 1. The monoisotopic (exact) mass is 377 g/mol. The third kappa shape index (κ3) is 4.23. The topological polar surface area (TPSA) is 93.4 Å². The van der Waals surface area contributed by atoms with Crippen molar-refractivity contribution in [2.24, 2.45) is 0 Å². The summed E-state index contributed by atoms with van der Waals surface area (Å²) in [6.07, 6.45) is 0.157. The maximum Gasteiger partial charge on any atom is 0.269 e. The van der Waals surface area contributed by atoms with Crippen LogP contribution < -0.4 is 4.90 Å². The maximum atomic E-state index is 12.3. The summed E-state index contributed by atoms with van der Waals surface area (Å²) in [5, 5.41) is 13.6. The Morgan fingerprint density at radius 3 is 2.64 bits per heavy atom. The Morgan fingerprint density at radius 1 is 1.36 bits per heavy atom. The normalized spacial score (nSPS) is 14.2. The lowest BCUT2D eigenvalue weighted by molar-refractivity contribution is -0.384. The van der Waals surface area contributed by atoms with Crippen LogP contribution in [0.3, 0.4) is 0 Å². The fraction of sp³-hybridized carbons (Fsp3) is 0.312. The number of carbonyl (C=O) groups excluding carboxylic acids is 2. The Hall–Kier alpha value is -2.26. The zero-order valence-electron chi connectivity index (χ0n) is 13.4. The largest absolute Gasteiger partial charge is 0.346 e. The van der Waals surface area contributed by atoms with Gasteiger partial charge < -0.3 is 4.90 Å². The van der Waals surface area contributed by atoms with Crippen molar-refractivity contribution in [1.82, 2.24) is 4.98 Å². The number of nitro groups is 1. The number of hydrogen-bond donors (Lipinski definition) is 0. The molecule has 0 amide bonds. The van der Waals surface area contributed by atoms with E-state index in [1.165, 1.54) is 35.2 Å². The molecular formula is C16H15N3O4S2. The lowest BCUT2D eigenvalue weighted by Crippen LogP contribution is -2.49. The smallest absolute Gasteiger partial charge is 0.269 e. The van der Waals surface area contributed by atoms with Crippen LogP contribution in [0.1, 0.15) is 23.0 Å². The van der Waals surface area contributed by atoms with Crippen LogP contribution in [0.4, 0.5) is 10.8 Å². The third-order valence-corrected chi connectivity index (χ3v) is 5.61. The molecule has 25 heavy (non-hydrogen) atoms. The minimum atomic E-state index is -0.469. The molecule has 130 valence electrons. The van der Waals surface area contributed by atoms with Crippen molar-refractivity contribution < 1.29 is 14.5 Å². The number of non-ortho nitro benzene ring substituents is 1. The number of benzene rings is 1. The number of hydrogen-bond acceptors (Lipinski definition) is 8. The molecule has 2 aromatic rings. The first-order valence-electron chi connectivity index (χ1n) is 7.56. The van der Waals surface area contributed by atoms with Crippen molar-refractivity contribution in [1.29, 1.82) is 0 Å². The van der Waals surface area contributed by atoms with Crippen molar-refractivity contribution in [3.05, 3.63) is 51.0 Å². The number of ketones is 1. The number of nitrogens with zero attached hydrogens (tertiary/aromatic N) is 3. The van der Waals surface area contributed by atoms with Crippen LogP contribution in [0, 0.1) is 10.1 Å². The van der Waals surface area contributed by atoms with Gasteiger partial charge in [-0.1, -0.05) is 23.9 Å². The molecule has 9 heteroatoms. The molecule has 1 aliphatic heterocycles. The first-order chi connectivity index (χ1) is 11.9. The zero-order chi connectivity index (χ0) is 18.0. The van der Waals surface area contributed by atoms with E-state index in [-0.39, 0.29) is 23.0 Å². The minimum Gasteiger partial charge on any atom is -0.346 e. The van der Waals surface area contributed by atoms with E-state index < -0.39 is 4.92 Å². The molecule has 0 radical (unpaired) electrons. The molecule has 0 bridgehead atoms. The second kappa shape index (κ2) is 7.32. The fourth-order valence-electron chi connectivity index (χ4n) is 2.45. The molecule has 0 unspecified atom stereocenters. The predicted molar refractivity (Wildman–Crippen MR) is 97.5 cm³/mol. The van der Waals surface area contributed by atoms with E-state index in [2.05, 4.69) is 4.98 Å². The highest BCUT2D eigenvalue weighted by Crippen LogP contribution is 2.30. The van der Waals surface area contributed by atoms with Crippen LogP contribution in [-0.2, 0) is 11.2 Å². The van der Waals surface area contributed by atoms with Crippen LogP contribution in [-0.4, -0.2) is 39.1 Å². The van der Waals surface area contributed by atoms with Gasteiger partial charge in [0, 0.05) is 49.2 Å². The van der Waals surface area contributed by atoms with Gasteiger partial charge in [0.05, 0.1) is 4.92 Å². The van der Waals surface area contributed by atoms with Gasteiger partial charge in [0.25, 0.3) is 5.69 Å². The molecule has 1 aliphatic rings. The van der Waals surface area contributed by atoms with Gasteiger partial charge in [0.1, 0.15) is 5.69 Å². The van der Waals surface area contributed by atoms with E-state index >= 15 is 0 Å². The summed E-state index contributed by atoms with van der Waals surface area (Å²) in [4.78, 5) is 40.0. The molecule has 1 aromatic heterocycles. The van der Waals surface area contributed by atoms with E-state index in [1.807, 2.05) is 4.90 Å². The highest BCUT2D eigenvalue weighted by Gasteiger charge is 2.30. The Kier molecular flexibility index (Phi) is 5.14. The molecule has 1 aromatic carbocycles. The van der Waals surface area contributed by atoms with Gasteiger partial charge in [0.15, 0.2) is 16.0 Å². The Bertz CT molecular complexity index is 813. The Morgan fingerprint density at radius 2 is 2.04 bits per heavy atom. The van der Waals surface area contributed by atoms with E-state index in [9.17, 15) is 19.7 Å². The van der Waals surface area contributed by atoms with Gasteiger partial charge in [-0.15, -0.1) is 11.3 Å². The van der Waals surface area contributed by atoms with Gasteiger partial charge in [-0.2, -0.15) is 0 Å². The molecule has 1 fully saturated rings. The summed E-state index contributed by atoms with van der Waals surface area (Å²) in [7, 11) is 0. The van der Waals surface area contributed by atoms with E-state index in [4.69, 9.17) is 0 Å². The molecular weight excluding hydrogens is 362 g/mol. The van der Waals surface area contributed by atoms with Gasteiger partial charge in [-0.25, -0.2) is 4.98 Å². The van der Waals surface area contributed by atoms with Crippen molar-refractivity contribution in [2.75, 3.05) is 18.0 Å². The predicted octanol–water partition coefficient (Wildman–Crippen LogP) is 2.95. The number of anilines is 1. The zero-order valence-corrected chi connectivity index (χ0v) is 15.0. The molecule has 3 rings (SSSR count). The summed E-state index contributed by atoms with van der Waals surface area (Å²) in [5.74, 6) is -0.119. The molecule has 0 atom stereocenters. The van der Waals surface area contributed by atoms with E-state index in [0.29, 0.717) is 16.5 Å². The molecule has 0 N–H and O–H groups in total. The molecule has 0 aliphatic carbocycles. The van der Waals surface area contributed by atoms with Gasteiger partial charge >= 0.3 is 0 Å². The van der Waals surface area contributed by atoms with Crippen molar-refractivity contribution >= 4 is 44.8 Å². The molecule has 0 saturated carbocycles. The van der Waals surface area contributed by atoms with Crippen LogP contribution >= 0.6 is 23.1 Å². The summed E-state index contributed by atoms with van der Waals surface area (Å²) < 4.78 is 0. The van der Waals surface area contributed by atoms with Crippen LogP contribution in [0.15, 0.2) is 29.6 Å². The molecule has 0 spiro atoms. The highest BCUT2D eigenvalue weighted by atomic mass is 32.2. The number of Topliss-reactive ketones (excluding diaryl/α,β-unsaturated/α-hetero) is 1. The number of nitro benzene ring substituents is 1. The molecule has 1 saturated heterocycles. The number of carbonyl (C=O) groups is 2. The SMILES string of the molecule is CC(=O)SC1CN(c2nc(C(=O)Cc3ccc([N+](=O)[O-])cc3)cs2)C1. The number of aromatic nitrogens is 1. The van der Waals surface area contributed by atoms with Crippen LogP contribution in [0.2, 0.25) is 0 Å². The quantitative estimate of drug-likeness (QED) is 0.434. The lowest BCUT2D eigenvalue weighted by atomic mass is 10.1. The first kappa shape index (κ1) is 17.6. The van der Waals surface area contributed by atoms with E-state index in [0.717, 1.165) is 18.2 Å². The fourth-order valence-corrected chi connectivity index (χ4v) is 4.28. The van der Waals surface area contributed by atoms with Crippen molar-refractivity contribution in [3.63, 3.8) is 0 Å². The number of thiazole rings is 1. The average molecular weight is 377 g/mol. The minimum absolute atomic E-state index is 0.00270. The van der Waals surface area contributed by atoms with Gasteiger partial charge in [0.2, 0.25) is 0 Å². The third-order valence-electron chi connectivity index (χ3n) is 3.74. The number of rotatable bonds is 6. The van der Waals surface area contributed by atoms with Crippen molar-refractivity contribution in [2.45, 2.75) is 18.6 Å². The second-order valence-electron chi connectivity index (χ2n) is 5.68. The Labute approximate surface area is 152 Å². The second-order valence-corrected chi connectivity index (χ2v) is 7.99. The Balaban J connectivity index is 1.58. The molecule has 2 heterocycles. The first-order valence-corrected chi connectivity index (χ1v) is 9.32. The van der Waals surface area contributed by atoms with Gasteiger partial charge in [-0.3, -0.25) is 19.7 Å². The standard InChI is InChI=1S/C16H15N3O4S2/c1-10(20)25-13-7-18(8-13)16-17-14(9-24-16)15(21)6-11-2-4-12(5-3-11)19(22)23/h2-5,9,13H,6-8H2,1H3. The average Bonchev–Trinajstić information content (AvgIpc) is 3.00. The van der Waals surface area contributed by atoms with Gasteiger partial charge in [-0.05, 0) is 5.56 Å². The highest BCUT2D eigenvalue weighted by molar-refractivity contribution is 8.14. The van der Waals surface area contributed by atoms with Crippen LogP contribution in [0.25, 0.3) is 0 Å². The summed E-state index contributed by atoms with van der Waals surface area (Å²) in [6, 6.07) is 5.95. The summed E-state index contributed by atoms with van der Waals surface area (Å²) in [5.41, 5.74) is 1.12. The summed E-state index contributed by atoms with van der Waals surface area (Å²) in [6.45, 7) is 3.08. The lowest BCUT2D eigenvalue weighted by Gasteiger charge is -2.37. The summed E-state index contributed by atoms with van der Waals surface area (Å²) >= 11 is 2.75. The van der Waals surface area contributed by atoms with E-state index in [1.54, 1.807) is 24.4 Å². The van der Waals surface area contributed by atoms with Crippen LogP contribution in [0.5, 0.6) is 0 Å².